The predicted octanol–water partition coefficient (Wildman–Crippen LogP) is 3.89. The van der Waals surface area contributed by atoms with Gasteiger partial charge in [-0.2, -0.15) is 8.78 Å². The normalized spacial score (nSPS) is 27.7. The lowest BCUT2D eigenvalue weighted by molar-refractivity contribution is -0.183. The van der Waals surface area contributed by atoms with Crippen molar-refractivity contribution in [3.05, 3.63) is 30.3 Å². The zero-order chi connectivity index (χ0) is 22.4. The molecule has 0 N–H and O–H groups in total. The van der Waals surface area contributed by atoms with E-state index in [1.54, 1.807) is 26.8 Å². The van der Waals surface area contributed by atoms with Crippen molar-refractivity contribution in [1.29, 1.82) is 0 Å². The zero-order valence-electron chi connectivity index (χ0n) is 17.2. The summed E-state index contributed by atoms with van der Waals surface area (Å²) < 4.78 is 63.5. The van der Waals surface area contributed by atoms with Crippen LogP contribution in [0.5, 0.6) is 0 Å². The maximum atomic E-state index is 14.3. The fourth-order valence-electron chi connectivity index (χ4n) is 4.32. The Kier molecular flexibility index (Phi) is 5.50. The number of ether oxygens (including phenoxy) is 2. The van der Waals surface area contributed by atoms with Crippen LogP contribution in [0.4, 0.5) is 8.78 Å². The minimum Gasteiger partial charge on any atom is -0.463 e. The lowest BCUT2D eigenvalue weighted by Crippen LogP contribution is -2.48. The number of carbonyl (C=O) groups is 2. The van der Waals surface area contributed by atoms with Crippen LogP contribution < -0.4 is 0 Å². The van der Waals surface area contributed by atoms with Crippen molar-refractivity contribution in [3.8, 4) is 0 Å². The van der Waals surface area contributed by atoms with E-state index in [-0.39, 0.29) is 19.4 Å². The summed E-state index contributed by atoms with van der Waals surface area (Å²) in [7, 11) is -4.79. The molecule has 30 heavy (non-hydrogen) atoms. The summed E-state index contributed by atoms with van der Waals surface area (Å²) in [6.45, 7) is 5.20. The molecule has 2 fully saturated rings. The Morgan fingerprint density at radius 1 is 1.13 bits per heavy atom. The van der Waals surface area contributed by atoms with Crippen LogP contribution in [0.1, 0.15) is 52.9 Å². The number of unbranched alkanes of at least 4 members (excludes halogenated alkanes) is 1. The van der Waals surface area contributed by atoms with Gasteiger partial charge in [0.1, 0.15) is 0 Å². The molecular formula is C21H26F2O6S. The van der Waals surface area contributed by atoms with E-state index in [1.807, 2.05) is 0 Å². The van der Waals surface area contributed by atoms with Gasteiger partial charge in [0.05, 0.1) is 16.9 Å². The number of fused-ring (bicyclic) bond motifs is 2. The van der Waals surface area contributed by atoms with Crippen LogP contribution in [0.25, 0.3) is 0 Å². The first kappa shape index (κ1) is 22.7. The quantitative estimate of drug-likeness (QED) is 0.447. The van der Waals surface area contributed by atoms with E-state index in [4.69, 9.17) is 9.47 Å². The van der Waals surface area contributed by atoms with Crippen molar-refractivity contribution in [2.24, 2.45) is 10.8 Å². The van der Waals surface area contributed by atoms with Crippen molar-refractivity contribution < 1.29 is 36.3 Å². The molecule has 0 amide bonds. The highest BCUT2D eigenvalue weighted by Crippen LogP contribution is 2.65. The molecule has 0 radical (unpaired) electrons. The number of sulfone groups is 1. The number of carbonyl (C=O) groups excluding carboxylic acids is 2. The fourth-order valence-corrected chi connectivity index (χ4v) is 5.60. The van der Waals surface area contributed by atoms with Crippen LogP contribution in [0.15, 0.2) is 35.2 Å². The smallest absolute Gasteiger partial charge is 0.351 e. The van der Waals surface area contributed by atoms with Gasteiger partial charge in [-0.1, -0.05) is 32.0 Å². The summed E-state index contributed by atoms with van der Waals surface area (Å²) in [5.41, 5.74) is -2.87. The average Bonchev–Trinajstić information content (AvgIpc) is 2.98. The summed E-state index contributed by atoms with van der Waals surface area (Å²) >= 11 is 0. The first-order valence-corrected chi connectivity index (χ1v) is 11.4. The predicted molar refractivity (Wildman–Crippen MR) is 103 cm³/mol. The van der Waals surface area contributed by atoms with Crippen molar-refractivity contribution in [1.82, 2.24) is 0 Å². The molecule has 3 rings (SSSR count). The fraction of sp³-hybridized carbons (Fsp3) is 0.619. The van der Waals surface area contributed by atoms with E-state index >= 15 is 0 Å². The van der Waals surface area contributed by atoms with Crippen LogP contribution in [0.2, 0.25) is 0 Å². The van der Waals surface area contributed by atoms with Crippen molar-refractivity contribution in [2.75, 3.05) is 6.61 Å². The SMILES string of the molecule is CC1(C)[C@@]2(C)CC[C@]1(C(=O)OCCCCC(F)(F)S(=O)(=O)c1ccccc1)OC2=O. The van der Waals surface area contributed by atoms with E-state index in [1.165, 1.54) is 12.1 Å². The Labute approximate surface area is 174 Å². The van der Waals surface area contributed by atoms with Gasteiger partial charge in [0.2, 0.25) is 15.4 Å². The molecule has 1 aromatic rings. The molecule has 1 aliphatic heterocycles. The standard InChI is InChI=1S/C21H26F2O6S/c1-18(2)19(3)12-13-20(18,29-16(19)24)17(25)28-14-8-7-11-21(22,23)30(26,27)15-9-5-4-6-10-15/h4-6,9-10H,7-8,11-14H2,1-3H3/t19-,20+/m0/s1. The summed E-state index contributed by atoms with van der Waals surface area (Å²) in [6.07, 6.45) is -0.106. The van der Waals surface area contributed by atoms with Gasteiger partial charge in [0.15, 0.2) is 0 Å². The third kappa shape index (κ3) is 3.13. The van der Waals surface area contributed by atoms with Crippen LogP contribution >= 0.6 is 0 Å². The Bertz CT molecular complexity index is 944. The number of halogens is 2. The van der Waals surface area contributed by atoms with Crippen LogP contribution in [0, 0.1) is 10.8 Å². The number of benzene rings is 1. The van der Waals surface area contributed by atoms with Crippen molar-refractivity contribution in [2.45, 2.75) is 68.6 Å². The van der Waals surface area contributed by atoms with E-state index in [2.05, 4.69) is 0 Å². The van der Waals surface area contributed by atoms with Gasteiger partial charge in [-0.3, -0.25) is 4.79 Å². The second-order valence-electron chi connectivity index (χ2n) is 8.72. The molecule has 1 aliphatic carbocycles. The maximum Gasteiger partial charge on any atom is 0.351 e. The molecule has 2 bridgehead atoms. The van der Waals surface area contributed by atoms with Gasteiger partial charge in [-0.25, -0.2) is 13.2 Å². The van der Waals surface area contributed by atoms with Gasteiger partial charge in [0.25, 0.3) is 0 Å². The molecule has 1 saturated carbocycles. The molecule has 0 aromatic heterocycles. The number of alkyl halides is 2. The molecule has 2 aliphatic rings. The van der Waals surface area contributed by atoms with Crippen molar-refractivity contribution in [3.63, 3.8) is 0 Å². The average molecular weight is 444 g/mol. The second kappa shape index (κ2) is 7.28. The first-order chi connectivity index (χ1) is 13.8. The van der Waals surface area contributed by atoms with Gasteiger partial charge in [-0.15, -0.1) is 0 Å². The second-order valence-corrected chi connectivity index (χ2v) is 10.8. The monoisotopic (exact) mass is 444 g/mol. The van der Waals surface area contributed by atoms with Gasteiger partial charge >= 0.3 is 17.2 Å². The third-order valence-corrected chi connectivity index (χ3v) is 8.84. The van der Waals surface area contributed by atoms with E-state index in [0.717, 1.165) is 12.1 Å². The summed E-state index contributed by atoms with van der Waals surface area (Å²) in [5, 5.41) is -3.92. The molecule has 9 heteroatoms. The van der Waals surface area contributed by atoms with Gasteiger partial charge in [0, 0.05) is 11.8 Å². The Balaban J connectivity index is 1.54. The molecule has 0 spiro atoms. The molecule has 1 saturated heterocycles. The molecule has 0 unspecified atom stereocenters. The van der Waals surface area contributed by atoms with Gasteiger partial charge < -0.3 is 9.47 Å². The van der Waals surface area contributed by atoms with Crippen LogP contribution in [-0.4, -0.2) is 37.8 Å². The zero-order valence-corrected chi connectivity index (χ0v) is 18.1. The van der Waals surface area contributed by atoms with Crippen LogP contribution in [-0.2, 0) is 28.9 Å². The number of hydrogen-bond donors (Lipinski definition) is 0. The Hall–Kier alpha value is -2.03. The molecule has 2 atom stereocenters. The molecular weight excluding hydrogens is 418 g/mol. The van der Waals surface area contributed by atoms with E-state index in [9.17, 15) is 26.8 Å². The highest BCUT2D eigenvalue weighted by Gasteiger charge is 2.76. The highest BCUT2D eigenvalue weighted by molar-refractivity contribution is 7.92. The lowest BCUT2D eigenvalue weighted by Gasteiger charge is -2.34. The minimum absolute atomic E-state index is 0.0629. The third-order valence-electron chi connectivity index (χ3n) is 6.96. The first-order valence-electron chi connectivity index (χ1n) is 9.90. The molecule has 1 aromatic carbocycles. The number of rotatable bonds is 8. The largest absolute Gasteiger partial charge is 0.463 e. The van der Waals surface area contributed by atoms with E-state index in [0.29, 0.717) is 12.8 Å². The van der Waals surface area contributed by atoms with Crippen LogP contribution in [0.3, 0.4) is 0 Å². The number of hydrogen-bond acceptors (Lipinski definition) is 6. The summed E-state index contributed by atoms with van der Waals surface area (Å²) in [6, 6.07) is 6.57. The van der Waals surface area contributed by atoms with Gasteiger partial charge in [-0.05, 0) is 44.7 Å². The molecule has 166 valence electrons. The van der Waals surface area contributed by atoms with Crippen molar-refractivity contribution >= 4 is 21.8 Å². The highest BCUT2D eigenvalue weighted by atomic mass is 32.2. The summed E-state index contributed by atoms with van der Waals surface area (Å²) in [5.74, 6) is -1.10. The summed E-state index contributed by atoms with van der Waals surface area (Å²) in [4.78, 5) is 24.5. The molecule has 6 nitrogen and oxygen atoms in total. The Morgan fingerprint density at radius 3 is 2.30 bits per heavy atom. The maximum absolute atomic E-state index is 14.3. The lowest BCUT2D eigenvalue weighted by atomic mass is 9.66. The minimum atomic E-state index is -4.79. The molecule has 1 heterocycles. The van der Waals surface area contributed by atoms with E-state index < -0.39 is 54.8 Å². The Morgan fingerprint density at radius 2 is 1.77 bits per heavy atom. The topological polar surface area (TPSA) is 86.7 Å². The number of esters is 2.